The lowest BCUT2D eigenvalue weighted by Gasteiger charge is -2.16. The van der Waals surface area contributed by atoms with Crippen LogP contribution in [-0.4, -0.2) is 43.1 Å². The summed E-state index contributed by atoms with van der Waals surface area (Å²) in [6.07, 6.45) is 3.22. The van der Waals surface area contributed by atoms with Crippen LogP contribution in [0.1, 0.15) is 39.5 Å². The average molecular weight is 268 g/mol. The summed E-state index contributed by atoms with van der Waals surface area (Å²) in [7, 11) is -4.12. The molecule has 0 aliphatic carbocycles. The van der Waals surface area contributed by atoms with E-state index in [1.807, 2.05) is 0 Å². The molecule has 0 amide bonds. The second-order valence-electron chi connectivity index (χ2n) is 4.36. The van der Waals surface area contributed by atoms with Crippen molar-refractivity contribution in [2.24, 2.45) is 5.92 Å². The highest BCUT2D eigenvalue weighted by molar-refractivity contribution is 7.85. The molecule has 0 bridgehead atoms. The third kappa shape index (κ3) is 10.7. The Bertz CT molecular complexity index is 276. The van der Waals surface area contributed by atoms with Gasteiger partial charge in [-0.05, 0) is 12.3 Å². The first-order chi connectivity index (χ1) is 7.89. The van der Waals surface area contributed by atoms with Gasteiger partial charge in [-0.15, -0.1) is 0 Å². The first kappa shape index (κ1) is 16.8. The largest absolute Gasteiger partial charge is 0.390 e. The highest BCUT2D eigenvalue weighted by atomic mass is 32.2. The number of aliphatic hydroxyl groups excluding tert-OH is 1. The normalized spacial score (nSPS) is 15.8. The van der Waals surface area contributed by atoms with Crippen molar-refractivity contribution in [3.8, 4) is 0 Å². The van der Waals surface area contributed by atoms with E-state index in [0.29, 0.717) is 12.5 Å². The van der Waals surface area contributed by atoms with Gasteiger partial charge in [0, 0.05) is 6.61 Å². The van der Waals surface area contributed by atoms with E-state index in [1.54, 1.807) is 0 Å². The Kier molecular flexibility index (Phi) is 8.77. The monoisotopic (exact) mass is 268 g/mol. The molecule has 0 aliphatic heterocycles. The standard InChI is InChI=1S/C11H24O5S/c1-3-5-6-10(4-2)7-16-8-11(12)9-17(13,14)15/h10-12H,3-9H2,1-2H3,(H,13,14,15). The van der Waals surface area contributed by atoms with E-state index in [0.717, 1.165) is 25.7 Å². The maximum absolute atomic E-state index is 10.5. The molecule has 17 heavy (non-hydrogen) atoms. The number of aliphatic hydroxyl groups is 1. The number of hydrogen-bond donors (Lipinski definition) is 2. The molecule has 0 aromatic carbocycles. The lowest BCUT2D eigenvalue weighted by Crippen LogP contribution is -2.26. The van der Waals surface area contributed by atoms with Crippen LogP contribution in [-0.2, 0) is 14.9 Å². The molecule has 0 saturated heterocycles. The Morgan fingerprint density at radius 3 is 2.35 bits per heavy atom. The zero-order valence-electron chi connectivity index (χ0n) is 10.6. The first-order valence-electron chi connectivity index (χ1n) is 6.10. The van der Waals surface area contributed by atoms with Gasteiger partial charge in [0.15, 0.2) is 0 Å². The molecule has 0 rings (SSSR count). The Morgan fingerprint density at radius 1 is 1.24 bits per heavy atom. The van der Waals surface area contributed by atoms with Gasteiger partial charge in [0.1, 0.15) is 5.75 Å². The first-order valence-corrected chi connectivity index (χ1v) is 7.70. The predicted molar refractivity (Wildman–Crippen MR) is 66.5 cm³/mol. The van der Waals surface area contributed by atoms with Crippen molar-refractivity contribution in [2.75, 3.05) is 19.0 Å². The minimum absolute atomic E-state index is 0.0532. The maximum atomic E-state index is 10.5. The molecule has 104 valence electrons. The topological polar surface area (TPSA) is 83.8 Å². The SMILES string of the molecule is CCCCC(CC)COCC(O)CS(=O)(=O)O. The minimum atomic E-state index is -4.12. The molecule has 2 unspecified atom stereocenters. The second kappa shape index (κ2) is 8.85. The number of ether oxygens (including phenoxy) is 1. The van der Waals surface area contributed by atoms with Gasteiger partial charge < -0.3 is 9.84 Å². The average Bonchev–Trinajstić information content (AvgIpc) is 2.20. The molecule has 2 N–H and O–H groups in total. The Hall–Kier alpha value is -0.170. The van der Waals surface area contributed by atoms with Gasteiger partial charge in [-0.2, -0.15) is 8.42 Å². The molecule has 0 spiro atoms. The van der Waals surface area contributed by atoms with Crippen LogP contribution in [0.3, 0.4) is 0 Å². The van der Waals surface area contributed by atoms with Gasteiger partial charge in [-0.25, -0.2) is 0 Å². The van der Waals surface area contributed by atoms with E-state index in [9.17, 15) is 13.5 Å². The van der Waals surface area contributed by atoms with Gasteiger partial charge in [0.05, 0.1) is 12.7 Å². The quantitative estimate of drug-likeness (QED) is 0.586. The zero-order valence-corrected chi connectivity index (χ0v) is 11.4. The smallest absolute Gasteiger partial charge is 0.267 e. The molecule has 0 fully saturated rings. The highest BCUT2D eigenvalue weighted by Crippen LogP contribution is 2.12. The maximum Gasteiger partial charge on any atom is 0.267 e. The Morgan fingerprint density at radius 2 is 1.88 bits per heavy atom. The molecule has 0 aromatic rings. The zero-order chi connectivity index (χ0) is 13.3. The van der Waals surface area contributed by atoms with Crippen LogP contribution < -0.4 is 0 Å². The molecule has 0 aliphatic rings. The van der Waals surface area contributed by atoms with E-state index in [4.69, 9.17) is 9.29 Å². The summed E-state index contributed by atoms with van der Waals surface area (Å²) in [5.41, 5.74) is 0. The van der Waals surface area contributed by atoms with Gasteiger partial charge in [0.25, 0.3) is 10.1 Å². The van der Waals surface area contributed by atoms with Gasteiger partial charge in [-0.1, -0.05) is 33.1 Å². The van der Waals surface area contributed by atoms with Gasteiger partial charge in [-0.3, -0.25) is 4.55 Å². The second-order valence-corrected chi connectivity index (χ2v) is 5.85. The minimum Gasteiger partial charge on any atom is -0.390 e. The summed E-state index contributed by atoms with van der Waals surface area (Å²) in [6, 6.07) is 0. The van der Waals surface area contributed by atoms with E-state index in [1.165, 1.54) is 0 Å². The van der Waals surface area contributed by atoms with Gasteiger partial charge >= 0.3 is 0 Å². The summed E-state index contributed by atoms with van der Waals surface area (Å²) >= 11 is 0. The van der Waals surface area contributed by atoms with E-state index in [2.05, 4.69) is 13.8 Å². The molecule has 0 saturated carbocycles. The molecule has 0 aromatic heterocycles. The molecule has 0 heterocycles. The van der Waals surface area contributed by atoms with E-state index in [-0.39, 0.29) is 6.61 Å². The summed E-state index contributed by atoms with van der Waals surface area (Å²) in [5, 5.41) is 9.28. The van der Waals surface area contributed by atoms with Crippen LogP contribution in [0, 0.1) is 5.92 Å². The van der Waals surface area contributed by atoms with Crippen molar-refractivity contribution in [2.45, 2.75) is 45.6 Å². The molecular formula is C11H24O5S. The van der Waals surface area contributed by atoms with E-state index >= 15 is 0 Å². The lowest BCUT2D eigenvalue weighted by molar-refractivity contribution is 0.0276. The van der Waals surface area contributed by atoms with Crippen molar-refractivity contribution in [3.05, 3.63) is 0 Å². The van der Waals surface area contributed by atoms with Crippen LogP contribution in [0.4, 0.5) is 0 Å². The lowest BCUT2D eigenvalue weighted by atomic mass is 10.0. The fraction of sp³-hybridized carbons (Fsp3) is 1.00. The number of unbranched alkanes of at least 4 members (excludes halogenated alkanes) is 1. The van der Waals surface area contributed by atoms with Gasteiger partial charge in [0.2, 0.25) is 0 Å². The molecular weight excluding hydrogens is 244 g/mol. The van der Waals surface area contributed by atoms with Crippen LogP contribution in [0.2, 0.25) is 0 Å². The molecule has 2 atom stereocenters. The fourth-order valence-corrected chi connectivity index (χ4v) is 2.14. The summed E-state index contributed by atoms with van der Waals surface area (Å²) in [4.78, 5) is 0. The van der Waals surface area contributed by atoms with Crippen molar-refractivity contribution in [1.29, 1.82) is 0 Å². The molecule has 5 nitrogen and oxygen atoms in total. The third-order valence-corrected chi connectivity index (χ3v) is 3.42. The van der Waals surface area contributed by atoms with Crippen LogP contribution in [0.5, 0.6) is 0 Å². The highest BCUT2D eigenvalue weighted by Gasteiger charge is 2.15. The van der Waals surface area contributed by atoms with Crippen LogP contribution >= 0.6 is 0 Å². The van der Waals surface area contributed by atoms with Crippen LogP contribution in [0.15, 0.2) is 0 Å². The summed E-state index contributed by atoms with van der Waals surface area (Å²) in [5.74, 6) is -0.216. The van der Waals surface area contributed by atoms with Crippen molar-refractivity contribution in [1.82, 2.24) is 0 Å². The van der Waals surface area contributed by atoms with Crippen LogP contribution in [0.25, 0.3) is 0 Å². The predicted octanol–water partition coefficient (Wildman–Crippen LogP) is 1.47. The van der Waals surface area contributed by atoms with Crippen molar-refractivity contribution >= 4 is 10.1 Å². The van der Waals surface area contributed by atoms with Crippen molar-refractivity contribution in [3.63, 3.8) is 0 Å². The van der Waals surface area contributed by atoms with E-state index < -0.39 is 22.0 Å². The Balaban J connectivity index is 3.73. The molecule has 6 heteroatoms. The third-order valence-electron chi connectivity index (χ3n) is 2.61. The summed E-state index contributed by atoms with van der Waals surface area (Å²) < 4.78 is 34.7. The molecule has 0 radical (unpaired) electrons. The summed E-state index contributed by atoms with van der Waals surface area (Å²) in [6.45, 7) is 4.68. The Labute approximate surface area is 104 Å². The van der Waals surface area contributed by atoms with Crippen molar-refractivity contribution < 1.29 is 22.8 Å². The fourth-order valence-electron chi connectivity index (χ4n) is 1.56. The number of hydrogen-bond acceptors (Lipinski definition) is 4. The number of rotatable bonds is 10.